The number of amidine groups is 1. The normalized spacial score (nSPS) is 10.4. The quantitative estimate of drug-likeness (QED) is 0.241. The molecule has 0 saturated heterocycles. The molecular formula is C17H15F3N2O7. The van der Waals surface area contributed by atoms with Crippen LogP contribution in [0.3, 0.4) is 0 Å². The number of aliphatic carboxylic acids is 2. The number of carbonyl (C=O) groups is 3. The predicted molar refractivity (Wildman–Crippen MR) is 90.8 cm³/mol. The number of ether oxygens (including phenoxy) is 1. The number of halogens is 3. The van der Waals surface area contributed by atoms with Crippen LogP contribution in [0.4, 0.5) is 13.2 Å². The summed E-state index contributed by atoms with van der Waals surface area (Å²) in [5, 5.41) is 23.0. The van der Waals surface area contributed by atoms with E-state index in [1.165, 1.54) is 18.2 Å². The fourth-order valence-electron chi connectivity index (χ4n) is 1.71. The van der Waals surface area contributed by atoms with Crippen molar-refractivity contribution in [3.63, 3.8) is 0 Å². The van der Waals surface area contributed by atoms with E-state index in [1.807, 2.05) is 0 Å². The molecule has 156 valence electrons. The summed E-state index contributed by atoms with van der Waals surface area (Å²) < 4.78 is 42.1. The lowest BCUT2D eigenvalue weighted by Crippen LogP contribution is -2.21. The Bertz CT molecular complexity index is 889. The SMILES string of the molecule is N=C(N)c1ccc(OC(=O)c2ccc(CCC(=O)O)o2)cc1.O=C(O)C(F)(F)F. The summed E-state index contributed by atoms with van der Waals surface area (Å²) in [5.74, 6) is -3.77. The zero-order valence-corrected chi connectivity index (χ0v) is 14.5. The number of hydrogen-bond acceptors (Lipinski definition) is 6. The fraction of sp³-hybridized carbons (Fsp3) is 0.176. The van der Waals surface area contributed by atoms with Gasteiger partial charge in [0.1, 0.15) is 17.3 Å². The molecule has 0 bridgehead atoms. The lowest BCUT2D eigenvalue weighted by Gasteiger charge is -2.03. The van der Waals surface area contributed by atoms with Gasteiger partial charge in [0.05, 0.1) is 6.42 Å². The van der Waals surface area contributed by atoms with Crippen LogP contribution in [-0.2, 0) is 16.0 Å². The Morgan fingerprint density at radius 1 is 1.07 bits per heavy atom. The van der Waals surface area contributed by atoms with Gasteiger partial charge in [0, 0.05) is 12.0 Å². The van der Waals surface area contributed by atoms with Crippen molar-refractivity contribution < 1.29 is 46.9 Å². The Kier molecular flexibility index (Phi) is 7.94. The smallest absolute Gasteiger partial charge is 0.481 e. The van der Waals surface area contributed by atoms with E-state index in [-0.39, 0.29) is 24.4 Å². The number of nitrogens with two attached hydrogens (primary N) is 1. The average molecular weight is 416 g/mol. The van der Waals surface area contributed by atoms with Crippen molar-refractivity contribution in [1.82, 2.24) is 0 Å². The van der Waals surface area contributed by atoms with Crippen LogP contribution in [0.5, 0.6) is 5.75 Å². The zero-order valence-electron chi connectivity index (χ0n) is 14.5. The third-order valence-electron chi connectivity index (χ3n) is 3.07. The number of carboxylic acids is 2. The van der Waals surface area contributed by atoms with E-state index in [0.717, 1.165) is 0 Å². The monoisotopic (exact) mass is 416 g/mol. The van der Waals surface area contributed by atoms with E-state index in [0.29, 0.717) is 17.1 Å². The molecule has 5 N–H and O–H groups in total. The van der Waals surface area contributed by atoms with Gasteiger partial charge in [-0.1, -0.05) is 0 Å². The van der Waals surface area contributed by atoms with Crippen molar-refractivity contribution in [2.24, 2.45) is 5.73 Å². The molecule has 2 rings (SSSR count). The molecule has 0 unspecified atom stereocenters. The number of carboxylic acid groups (broad SMARTS) is 2. The largest absolute Gasteiger partial charge is 0.490 e. The minimum Gasteiger partial charge on any atom is -0.481 e. The second-order valence-electron chi connectivity index (χ2n) is 5.29. The minimum atomic E-state index is -5.08. The Labute approximate surface area is 161 Å². The molecule has 1 aromatic carbocycles. The highest BCUT2D eigenvalue weighted by atomic mass is 19.4. The molecule has 0 fully saturated rings. The molecule has 12 heteroatoms. The van der Waals surface area contributed by atoms with Crippen LogP contribution >= 0.6 is 0 Å². The molecule has 9 nitrogen and oxygen atoms in total. The van der Waals surface area contributed by atoms with E-state index < -0.39 is 24.1 Å². The van der Waals surface area contributed by atoms with Gasteiger partial charge in [0.25, 0.3) is 0 Å². The third-order valence-corrected chi connectivity index (χ3v) is 3.07. The molecule has 29 heavy (non-hydrogen) atoms. The maximum Gasteiger partial charge on any atom is 0.490 e. The molecule has 0 spiro atoms. The van der Waals surface area contributed by atoms with Gasteiger partial charge in [-0.2, -0.15) is 13.2 Å². The number of furan rings is 1. The van der Waals surface area contributed by atoms with Gasteiger partial charge in [-0.3, -0.25) is 10.2 Å². The van der Waals surface area contributed by atoms with Crippen LogP contribution in [0.2, 0.25) is 0 Å². The first-order valence-electron chi connectivity index (χ1n) is 7.67. The molecule has 0 saturated carbocycles. The molecule has 1 heterocycles. The number of nitrogens with one attached hydrogen (secondary N) is 1. The second kappa shape index (κ2) is 9.92. The number of alkyl halides is 3. The maximum absolute atomic E-state index is 11.9. The standard InChI is InChI=1S/C15H14N2O5.C2HF3O2/c16-14(17)9-1-3-11(4-2-9)22-15(20)12-7-5-10(21-12)6-8-13(18)19;3-2(4,5)1(6)7/h1-5,7H,6,8H2,(H3,16,17)(H,18,19);(H,6,7). The second-order valence-corrected chi connectivity index (χ2v) is 5.29. The summed E-state index contributed by atoms with van der Waals surface area (Å²) in [6.45, 7) is 0. The van der Waals surface area contributed by atoms with E-state index in [4.69, 9.17) is 35.3 Å². The Morgan fingerprint density at radius 2 is 1.62 bits per heavy atom. The van der Waals surface area contributed by atoms with Crippen molar-refractivity contribution in [1.29, 1.82) is 5.41 Å². The molecule has 0 aliphatic carbocycles. The highest BCUT2D eigenvalue weighted by Crippen LogP contribution is 2.16. The Hall–Kier alpha value is -3.83. The fourth-order valence-corrected chi connectivity index (χ4v) is 1.71. The van der Waals surface area contributed by atoms with Gasteiger partial charge >= 0.3 is 24.1 Å². The van der Waals surface area contributed by atoms with Gasteiger partial charge in [0.15, 0.2) is 0 Å². The molecule has 0 aliphatic rings. The summed E-state index contributed by atoms with van der Waals surface area (Å²) in [5.41, 5.74) is 5.85. The first kappa shape index (κ1) is 23.2. The number of nitrogen functional groups attached to an aromatic ring is 1. The predicted octanol–water partition coefficient (Wildman–Crippen LogP) is 2.43. The molecule has 2 aromatic rings. The topological polar surface area (TPSA) is 164 Å². The van der Waals surface area contributed by atoms with Gasteiger partial charge < -0.3 is 25.1 Å². The van der Waals surface area contributed by atoms with Crippen molar-refractivity contribution in [3.8, 4) is 5.75 Å². The molecule has 0 amide bonds. The average Bonchev–Trinajstić information content (AvgIpc) is 3.09. The maximum atomic E-state index is 11.9. The molecule has 1 aromatic heterocycles. The summed E-state index contributed by atoms with van der Waals surface area (Å²) in [4.78, 5) is 31.3. The molecule has 0 radical (unpaired) electrons. The summed E-state index contributed by atoms with van der Waals surface area (Å²) in [6.07, 6.45) is -4.95. The van der Waals surface area contributed by atoms with Crippen molar-refractivity contribution in [3.05, 3.63) is 53.5 Å². The van der Waals surface area contributed by atoms with E-state index >= 15 is 0 Å². The van der Waals surface area contributed by atoms with Crippen LogP contribution < -0.4 is 10.5 Å². The minimum absolute atomic E-state index is 0.00367. The summed E-state index contributed by atoms with van der Waals surface area (Å²) in [7, 11) is 0. The first-order chi connectivity index (χ1) is 13.4. The zero-order chi connectivity index (χ0) is 22.2. The molecule has 0 atom stereocenters. The van der Waals surface area contributed by atoms with Crippen molar-refractivity contribution in [2.45, 2.75) is 19.0 Å². The number of rotatable bonds is 6. The van der Waals surface area contributed by atoms with Gasteiger partial charge in [0.2, 0.25) is 5.76 Å². The highest BCUT2D eigenvalue weighted by molar-refractivity contribution is 5.95. The first-order valence-corrected chi connectivity index (χ1v) is 7.67. The van der Waals surface area contributed by atoms with Crippen LogP contribution in [0.1, 0.15) is 28.3 Å². The van der Waals surface area contributed by atoms with E-state index in [1.54, 1.807) is 18.2 Å². The number of aryl methyl sites for hydroxylation is 1. The van der Waals surface area contributed by atoms with Gasteiger partial charge in [-0.25, -0.2) is 9.59 Å². The van der Waals surface area contributed by atoms with Crippen LogP contribution in [0.25, 0.3) is 0 Å². The van der Waals surface area contributed by atoms with Crippen molar-refractivity contribution in [2.75, 3.05) is 0 Å². The molecular weight excluding hydrogens is 401 g/mol. The number of esters is 1. The highest BCUT2D eigenvalue weighted by Gasteiger charge is 2.38. The summed E-state index contributed by atoms with van der Waals surface area (Å²) >= 11 is 0. The number of carbonyl (C=O) groups excluding carboxylic acids is 1. The van der Waals surface area contributed by atoms with Crippen LogP contribution in [0, 0.1) is 5.41 Å². The Balaban J connectivity index is 0.000000516. The van der Waals surface area contributed by atoms with Crippen LogP contribution in [0.15, 0.2) is 40.8 Å². The Morgan fingerprint density at radius 3 is 2.07 bits per heavy atom. The van der Waals surface area contributed by atoms with Crippen molar-refractivity contribution >= 4 is 23.7 Å². The van der Waals surface area contributed by atoms with Crippen LogP contribution in [-0.4, -0.2) is 40.1 Å². The third kappa shape index (κ3) is 8.15. The number of benzene rings is 1. The van der Waals surface area contributed by atoms with Gasteiger partial charge in [-0.15, -0.1) is 0 Å². The van der Waals surface area contributed by atoms with E-state index in [2.05, 4.69) is 0 Å². The summed E-state index contributed by atoms with van der Waals surface area (Å²) in [6, 6.07) is 9.13. The lowest BCUT2D eigenvalue weighted by molar-refractivity contribution is -0.192. The van der Waals surface area contributed by atoms with E-state index in [9.17, 15) is 22.8 Å². The lowest BCUT2D eigenvalue weighted by atomic mass is 10.2. The molecule has 0 aliphatic heterocycles. The number of hydrogen-bond donors (Lipinski definition) is 4. The van der Waals surface area contributed by atoms with Gasteiger partial charge in [-0.05, 0) is 36.4 Å².